The molecule has 6 heteroatoms. The van der Waals surface area contributed by atoms with Crippen molar-refractivity contribution in [1.82, 2.24) is 9.55 Å². The Hall–Kier alpha value is -2.86. The van der Waals surface area contributed by atoms with Gasteiger partial charge in [-0.25, -0.2) is 9.37 Å². The highest BCUT2D eigenvalue weighted by Crippen LogP contribution is 2.22. The minimum atomic E-state index is -0.384. The lowest BCUT2D eigenvalue weighted by atomic mass is 10.1. The van der Waals surface area contributed by atoms with Gasteiger partial charge in [0.05, 0.1) is 17.5 Å². The summed E-state index contributed by atoms with van der Waals surface area (Å²) in [5, 5.41) is 3.27. The van der Waals surface area contributed by atoms with E-state index in [0.717, 1.165) is 10.8 Å². The molecule has 136 valence electrons. The zero-order valence-electron chi connectivity index (χ0n) is 14.7. The summed E-state index contributed by atoms with van der Waals surface area (Å²) in [7, 11) is 1.71. The zero-order valence-corrected chi connectivity index (χ0v) is 15.5. The standard InChI is InChI=1S/C21H17FN2O2S/c1-24-20(25)16-12-14-6-2-3-7-15(14)13-18(16)23-21(24)27-11-10-26-19-9-5-4-8-17(19)22/h2-9,12-13H,10-11H2,1H3. The molecule has 0 bridgehead atoms. The minimum absolute atomic E-state index is 0.0803. The topological polar surface area (TPSA) is 44.1 Å². The number of ether oxygens (including phenoxy) is 1. The number of para-hydroxylation sites is 1. The molecule has 4 nitrogen and oxygen atoms in total. The highest BCUT2D eigenvalue weighted by molar-refractivity contribution is 7.99. The predicted molar refractivity (Wildman–Crippen MR) is 107 cm³/mol. The molecular weight excluding hydrogens is 363 g/mol. The Labute approximate surface area is 159 Å². The van der Waals surface area contributed by atoms with Gasteiger partial charge in [-0.05, 0) is 35.0 Å². The van der Waals surface area contributed by atoms with Crippen molar-refractivity contribution in [3.8, 4) is 5.75 Å². The molecule has 3 aromatic carbocycles. The van der Waals surface area contributed by atoms with E-state index >= 15 is 0 Å². The van der Waals surface area contributed by atoms with Crippen LogP contribution < -0.4 is 10.3 Å². The van der Waals surface area contributed by atoms with Gasteiger partial charge < -0.3 is 4.74 Å². The molecule has 0 spiro atoms. The van der Waals surface area contributed by atoms with Gasteiger partial charge in [0.1, 0.15) is 0 Å². The maximum absolute atomic E-state index is 13.6. The molecule has 0 saturated heterocycles. The van der Waals surface area contributed by atoms with Crippen molar-refractivity contribution in [2.75, 3.05) is 12.4 Å². The van der Waals surface area contributed by atoms with Crippen LogP contribution in [0, 0.1) is 5.82 Å². The number of thioether (sulfide) groups is 1. The predicted octanol–water partition coefficient (Wildman–Crippen LogP) is 4.40. The lowest BCUT2D eigenvalue weighted by molar-refractivity contribution is 0.325. The average molecular weight is 380 g/mol. The number of rotatable bonds is 5. The van der Waals surface area contributed by atoms with Crippen molar-refractivity contribution in [3.63, 3.8) is 0 Å². The molecule has 0 fully saturated rings. The lowest BCUT2D eigenvalue weighted by Gasteiger charge is -2.10. The molecule has 0 N–H and O–H groups in total. The van der Waals surface area contributed by atoms with E-state index in [1.165, 1.54) is 17.8 Å². The van der Waals surface area contributed by atoms with Crippen LogP contribution in [0.2, 0.25) is 0 Å². The first-order chi connectivity index (χ1) is 13.1. The van der Waals surface area contributed by atoms with Crippen molar-refractivity contribution in [2.45, 2.75) is 5.16 Å². The molecule has 0 aliphatic rings. The SMILES string of the molecule is Cn1c(SCCOc2ccccc2F)nc2cc3ccccc3cc2c1=O. The normalized spacial score (nSPS) is 11.2. The molecule has 1 heterocycles. The summed E-state index contributed by atoms with van der Waals surface area (Å²) in [5.74, 6) is 0.392. The van der Waals surface area contributed by atoms with E-state index in [4.69, 9.17) is 4.74 Å². The van der Waals surface area contributed by atoms with Crippen LogP contribution in [-0.4, -0.2) is 21.9 Å². The van der Waals surface area contributed by atoms with Crippen molar-refractivity contribution < 1.29 is 9.13 Å². The molecule has 0 amide bonds. The third-order valence-corrected chi connectivity index (χ3v) is 5.30. The van der Waals surface area contributed by atoms with Gasteiger partial charge in [-0.3, -0.25) is 9.36 Å². The Morgan fingerprint density at radius 2 is 1.78 bits per heavy atom. The third-order valence-electron chi connectivity index (χ3n) is 4.31. The average Bonchev–Trinajstić information content (AvgIpc) is 2.69. The fourth-order valence-electron chi connectivity index (χ4n) is 2.91. The Morgan fingerprint density at radius 1 is 1.07 bits per heavy atom. The van der Waals surface area contributed by atoms with Crippen LogP contribution in [0.4, 0.5) is 4.39 Å². The van der Waals surface area contributed by atoms with Crippen LogP contribution in [0.1, 0.15) is 0 Å². The van der Waals surface area contributed by atoms with Crippen molar-refractivity contribution in [1.29, 1.82) is 0 Å². The molecule has 27 heavy (non-hydrogen) atoms. The summed E-state index contributed by atoms with van der Waals surface area (Å²) in [6.07, 6.45) is 0. The first-order valence-electron chi connectivity index (χ1n) is 8.53. The van der Waals surface area contributed by atoms with Gasteiger partial charge >= 0.3 is 0 Å². The minimum Gasteiger partial charge on any atom is -0.490 e. The van der Waals surface area contributed by atoms with E-state index in [-0.39, 0.29) is 17.1 Å². The molecule has 4 rings (SSSR count). The van der Waals surface area contributed by atoms with Gasteiger partial charge in [0, 0.05) is 12.8 Å². The molecular formula is C21H17FN2O2S. The molecule has 0 aliphatic heterocycles. The summed E-state index contributed by atoms with van der Waals surface area (Å²) in [6.45, 7) is 0.317. The molecule has 1 aromatic heterocycles. The van der Waals surface area contributed by atoms with E-state index in [1.54, 1.807) is 29.8 Å². The number of hydrogen-bond acceptors (Lipinski definition) is 4. The van der Waals surface area contributed by atoms with Crippen molar-refractivity contribution >= 4 is 33.4 Å². The zero-order chi connectivity index (χ0) is 18.8. The van der Waals surface area contributed by atoms with Crippen LogP contribution in [0.3, 0.4) is 0 Å². The fraction of sp³-hybridized carbons (Fsp3) is 0.143. The second kappa shape index (κ2) is 7.40. The highest BCUT2D eigenvalue weighted by Gasteiger charge is 2.10. The molecule has 0 radical (unpaired) electrons. The molecule has 0 atom stereocenters. The Bertz CT molecular complexity index is 1190. The quantitative estimate of drug-likeness (QED) is 0.223. The number of aromatic nitrogens is 2. The largest absolute Gasteiger partial charge is 0.490 e. The monoisotopic (exact) mass is 380 g/mol. The van der Waals surface area contributed by atoms with Crippen LogP contribution >= 0.6 is 11.8 Å². The Kier molecular flexibility index (Phi) is 4.81. The lowest BCUT2D eigenvalue weighted by Crippen LogP contribution is -2.20. The first-order valence-corrected chi connectivity index (χ1v) is 9.52. The van der Waals surface area contributed by atoms with Crippen LogP contribution in [-0.2, 0) is 7.05 Å². The Balaban J connectivity index is 1.56. The molecule has 0 unspecified atom stereocenters. The maximum atomic E-state index is 13.6. The summed E-state index contributed by atoms with van der Waals surface area (Å²) >= 11 is 1.41. The molecule has 0 aliphatic carbocycles. The molecule has 0 saturated carbocycles. The smallest absolute Gasteiger partial charge is 0.261 e. The second-order valence-corrected chi connectivity index (χ2v) is 7.16. The van der Waals surface area contributed by atoms with Gasteiger partial charge in [-0.2, -0.15) is 0 Å². The van der Waals surface area contributed by atoms with E-state index in [2.05, 4.69) is 4.98 Å². The van der Waals surface area contributed by atoms with Gasteiger partial charge in [0.25, 0.3) is 5.56 Å². The molecule has 4 aromatic rings. The van der Waals surface area contributed by atoms with E-state index < -0.39 is 0 Å². The summed E-state index contributed by atoms with van der Waals surface area (Å²) in [4.78, 5) is 17.4. The van der Waals surface area contributed by atoms with Gasteiger partial charge in [-0.15, -0.1) is 0 Å². The number of benzene rings is 3. The van der Waals surface area contributed by atoms with Crippen LogP contribution in [0.15, 0.2) is 70.6 Å². The summed E-state index contributed by atoms with van der Waals surface area (Å²) < 4.78 is 20.6. The van der Waals surface area contributed by atoms with Gasteiger partial charge in [-0.1, -0.05) is 48.2 Å². The summed E-state index contributed by atoms with van der Waals surface area (Å²) in [6, 6.07) is 18.0. The van der Waals surface area contributed by atoms with Crippen LogP contribution in [0.5, 0.6) is 5.75 Å². The second-order valence-electron chi connectivity index (χ2n) is 6.10. The van der Waals surface area contributed by atoms with E-state index in [0.29, 0.717) is 28.4 Å². The maximum Gasteiger partial charge on any atom is 0.261 e. The Morgan fingerprint density at radius 3 is 2.56 bits per heavy atom. The van der Waals surface area contributed by atoms with Gasteiger partial charge in [0.15, 0.2) is 16.7 Å². The van der Waals surface area contributed by atoms with Crippen LogP contribution in [0.25, 0.3) is 21.7 Å². The first kappa shape index (κ1) is 17.5. The van der Waals surface area contributed by atoms with Crippen molar-refractivity contribution in [2.24, 2.45) is 7.05 Å². The fourth-order valence-corrected chi connectivity index (χ4v) is 3.70. The number of nitrogens with zero attached hydrogens (tertiary/aromatic N) is 2. The highest BCUT2D eigenvalue weighted by atomic mass is 32.2. The van der Waals surface area contributed by atoms with Crippen molar-refractivity contribution in [3.05, 3.63) is 76.8 Å². The number of fused-ring (bicyclic) bond motifs is 2. The number of hydrogen-bond donors (Lipinski definition) is 0. The third kappa shape index (κ3) is 3.53. The number of halogens is 1. The summed E-state index contributed by atoms with van der Waals surface area (Å²) in [5.41, 5.74) is 0.595. The van der Waals surface area contributed by atoms with E-state index in [9.17, 15) is 9.18 Å². The van der Waals surface area contributed by atoms with E-state index in [1.807, 2.05) is 36.4 Å². The van der Waals surface area contributed by atoms with Gasteiger partial charge in [0.2, 0.25) is 0 Å².